The molecule has 2 aliphatic rings. The van der Waals surface area contributed by atoms with Crippen molar-refractivity contribution in [1.29, 1.82) is 0 Å². The van der Waals surface area contributed by atoms with Crippen LogP contribution in [0.25, 0.3) is 0 Å². The average Bonchev–Trinajstić information content (AvgIpc) is 4.06. The molecule has 0 fully saturated rings. The van der Waals surface area contributed by atoms with E-state index in [4.69, 9.17) is 72.1 Å². The number of hydrogen-bond donors (Lipinski definition) is 4. The van der Waals surface area contributed by atoms with E-state index in [1.54, 1.807) is 0 Å². The second kappa shape index (κ2) is 44.5. The first kappa shape index (κ1) is 76.2. The highest BCUT2D eigenvalue weighted by Gasteiger charge is 2.43. The van der Waals surface area contributed by atoms with Crippen LogP contribution < -0.4 is 21.3 Å². The summed E-state index contributed by atoms with van der Waals surface area (Å²) in [7, 11) is -11.7. The average molecular weight is 1310 g/mol. The Bertz CT molecular complexity index is 1630. The standard InChI is InChI=1S/C50H96N4O20S4Si4/c1-13-63-79(64-14-2,65-15-3)33-25-29-51-47(55)59-37-41-42(38-60-48(56)52-30-26-34-80(66-16-4,67-17-5)68-18-6)76-45(75-41)46-77-43(39-61-49(57)53-31-27-35-81(69-19-7,70-20-8)71-21-9)44(78-46)40-62-50(58)54-32-28-36-82(72-22-10,73-23-11)74-24-12/h13-40H2,1-12H3,(H,51,55)(H,52,56)(H,53,57)(H,54,58). The van der Waals surface area contributed by atoms with Crippen LogP contribution in [-0.4, -0.2) is 191 Å². The molecule has 0 unspecified atom stereocenters. The van der Waals surface area contributed by atoms with Gasteiger partial charge in [0.1, 0.15) is 26.4 Å². The highest BCUT2D eigenvalue weighted by atomic mass is 32.2. The summed E-state index contributed by atoms with van der Waals surface area (Å²) in [6, 6.07) is 2.04. The molecule has 0 saturated carbocycles. The molecular formula is C50H96N4O20S4Si4. The maximum Gasteiger partial charge on any atom is 0.500 e. The highest BCUT2D eigenvalue weighted by molar-refractivity contribution is 8.34. The van der Waals surface area contributed by atoms with Crippen LogP contribution in [0.4, 0.5) is 19.2 Å². The Labute approximate surface area is 509 Å². The summed E-state index contributed by atoms with van der Waals surface area (Å²) in [5.74, 6) is 0. The second-order valence-corrected chi connectivity index (χ2v) is 32.9. The van der Waals surface area contributed by atoms with E-state index in [0.717, 1.165) is 8.47 Å². The van der Waals surface area contributed by atoms with Gasteiger partial charge in [0.15, 0.2) is 0 Å². The number of thioether (sulfide) groups is 4. The van der Waals surface area contributed by atoms with Crippen LogP contribution in [0, 0.1) is 0 Å². The lowest BCUT2D eigenvalue weighted by molar-refractivity contribution is 0.0699. The van der Waals surface area contributed by atoms with Crippen molar-refractivity contribution in [3.8, 4) is 0 Å². The Morgan fingerprint density at radius 3 is 0.598 bits per heavy atom. The molecule has 0 radical (unpaired) electrons. The summed E-state index contributed by atoms with van der Waals surface area (Å²) < 4.78 is 96.2. The Hall–Kier alpha value is -1.91. The molecule has 2 heterocycles. The lowest BCUT2D eigenvalue weighted by Gasteiger charge is -2.28. The molecule has 0 aromatic carbocycles. The van der Waals surface area contributed by atoms with Crippen LogP contribution in [0.5, 0.6) is 0 Å². The van der Waals surface area contributed by atoms with E-state index in [0.29, 0.717) is 149 Å². The van der Waals surface area contributed by atoms with Crippen LogP contribution >= 0.6 is 47.0 Å². The third-order valence-corrected chi connectivity index (χ3v) is 29.5. The van der Waals surface area contributed by atoms with Crippen LogP contribution in [-0.2, 0) is 72.1 Å². The highest BCUT2D eigenvalue weighted by Crippen LogP contribution is 2.60. The van der Waals surface area contributed by atoms with Crippen molar-refractivity contribution >= 4 is 107 Å². The summed E-state index contributed by atoms with van der Waals surface area (Å²) in [5, 5.41) is 11.3. The predicted octanol–water partition coefficient (Wildman–Crippen LogP) is 10.2. The SMILES string of the molecule is CCO[Si](CCCNC(=O)OCC1=C(COC(=O)NCCC[Si](OCC)(OCC)OCC)SC(=C2SC(COC(=O)NCCC[Si](OCC)(OCC)OCC)=C(COC(=O)NCCC[Si](OCC)(OCC)OCC)S2)S1)(OCC)OCC. The third kappa shape index (κ3) is 29.2. The smallest absolute Gasteiger partial charge is 0.444 e. The molecule has 2 rings (SSSR count). The zero-order valence-electron chi connectivity index (χ0n) is 50.6. The van der Waals surface area contributed by atoms with E-state index in [9.17, 15) is 19.2 Å². The number of ether oxygens (including phenoxy) is 4. The van der Waals surface area contributed by atoms with Gasteiger partial charge in [-0.25, -0.2) is 19.2 Å². The van der Waals surface area contributed by atoms with Gasteiger partial charge in [0.25, 0.3) is 0 Å². The van der Waals surface area contributed by atoms with E-state index in [2.05, 4.69) is 21.3 Å². The van der Waals surface area contributed by atoms with Gasteiger partial charge in [-0.15, -0.1) is 0 Å². The van der Waals surface area contributed by atoms with Gasteiger partial charge in [-0.2, -0.15) is 0 Å². The van der Waals surface area contributed by atoms with Crippen LogP contribution in [0.2, 0.25) is 24.2 Å². The van der Waals surface area contributed by atoms with Crippen molar-refractivity contribution in [2.45, 2.75) is 133 Å². The number of alkyl carbamates (subject to hydrolysis) is 4. The zero-order chi connectivity index (χ0) is 60.5. The van der Waals surface area contributed by atoms with E-state index >= 15 is 0 Å². The van der Waals surface area contributed by atoms with Crippen LogP contribution in [0.15, 0.2) is 28.1 Å². The van der Waals surface area contributed by atoms with Crippen molar-refractivity contribution in [2.24, 2.45) is 0 Å². The van der Waals surface area contributed by atoms with Gasteiger partial charge in [-0.05, 0) is 109 Å². The summed E-state index contributed by atoms with van der Waals surface area (Å²) in [5.41, 5.74) is 0. The van der Waals surface area contributed by atoms with Crippen LogP contribution in [0.1, 0.15) is 109 Å². The van der Waals surface area contributed by atoms with Crippen molar-refractivity contribution < 1.29 is 91.2 Å². The van der Waals surface area contributed by atoms with Gasteiger partial charge in [0.05, 0.1) is 8.47 Å². The molecule has 82 heavy (non-hydrogen) atoms. The van der Waals surface area contributed by atoms with Gasteiger partial charge in [-0.3, -0.25) is 0 Å². The summed E-state index contributed by atoms with van der Waals surface area (Å²) >= 11 is 5.44. The maximum atomic E-state index is 13.2. The molecule has 0 spiro atoms. The first-order chi connectivity index (χ1) is 39.6. The maximum absolute atomic E-state index is 13.2. The lowest BCUT2D eigenvalue weighted by Crippen LogP contribution is -2.46. The molecule has 24 nitrogen and oxygen atoms in total. The molecule has 0 aliphatic carbocycles. The summed E-state index contributed by atoms with van der Waals surface area (Å²) in [6.45, 7) is 28.6. The van der Waals surface area contributed by atoms with Gasteiger partial charge in [0, 0.05) is 149 Å². The summed E-state index contributed by atoms with van der Waals surface area (Å²) in [6.07, 6.45) is -0.418. The number of carbonyl (C=O) groups is 4. The molecule has 0 aromatic rings. The van der Waals surface area contributed by atoms with Crippen molar-refractivity contribution in [3.63, 3.8) is 0 Å². The van der Waals surface area contributed by atoms with Gasteiger partial charge in [0.2, 0.25) is 0 Å². The topological polar surface area (TPSA) is 264 Å². The quantitative estimate of drug-likeness (QED) is 0.0251. The zero-order valence-corrected chi connectivity index (χ0v) is 57.9. The number of carbonyl (C=O) groups excluding carboxylic acids is 4. The molecule has 4 N–H and O–H groups in total. The van der Waals surface area contributed by atoms with Crippen molar-refractivity contribution in [1.82, 2.24) is 21.3 Å². The fraction of sp³-hybridized carbons (Fsp3) is 0.800. The Balaban J connectivity index is 2.33. The largest absolute Gasteiger partial charge is 0.500 e. The molecule has 0 aromatic heterocycles. The van der Waals surface area contributed by atoms with E-state index < -0.39 is 59.6 Å². The van der Waals surface area contributed by atoms with Gasteiger partial charge < -0.3 is 93.3 Å². The Morgan fingerprint density at radius 1 is 0.293 bits per heavy atom. The van der Waals surface area contributed by atoms with E-state index in [1.807, 2.05) is 83.1 Å². The molecule has 0 bridgehead atoms. The third-order valence-electron chi connectivity index (χ3n) is 11.1. The van der Waals surface area contributed by atoms with Crippen LogP contribution in [0.3, 0.4) is 0 Å². The number of nitrogens with one attached hydrogen (secondary N) is 4. The Kier molecular flexibility index (Phi) is 41.4. The lowest BCUT2D eigenvalue weighted by atomic mass is 10.5. The second-order valence-electron chi connectivity index (χ2n) is 17.0. The first-order valence-corrected chi connectivity index (χ1v) is 39.8. The predicted molar refractivity (Wildman–Crippen MR) is 329 cm³/mol. The molecule has 2 aliphatic heterocycles. The normalized spacial score (nSPS) is 14.2. The molecule has 476 valence electrons. The first-order valence-electron chi connectivity index (χ1n) is 28.8. The van der Waals surface area contributed by atoms with Gasteiger partial charge in [-0.1, -0.05) is 47.0 Å². The molecule has 32 heteroatoms. The number of rotatable bonds is 48. The monoisotopic (exact) mass is 1310 g/mol. The van der Waals surface area contributed by atoms with Crippen molar-refractivity contribution in [3.05, 3.63) is 28.1 Å². The fourth-order valence-electron chi connectivity index (χ4n) is 8.04. The number of amides is 4. The minimum absolute atomic E-state index is 0.128. The van der Waals surface area contributed by atoms with Crippen molar-refractivity contribution in [2.75, 3.05) is 132 Å². The number of hydrogen-bond acceptors (Lipinski definition) is 24. The van der Waals surface area contributed by atoms with E-state index in [1.165, 1.54) is 47.0 Å². The fourth-order valence-corrected chi connectivity index (χ4v) is 23.9. The minimum Gasteiger partial charge on any atom is -0.444 e. The van der Waals surface area contributed by atoms with E-state index in [-0.39, 0.29) is 52.6 Å². The summed E-state index contributed by atoms with van der Waals surface area (Å²) in [4.78, 5) is 55.3. The molecule has 0 saturated heterocycles. The Morgan fingerprint density at radius 2 is 0.451 bits per heavy atom. The molecule has 0 atom stereocenters. The molecule has 4 amide bonds. The van der Waals surface area contributed by atoms with Gasteiger partial charge >= 0.3 is 59.6 Å². The molecular weight excluding hydrogens is 1220 g/mol. The minimum atomic E-state index is -2.91.